The average Bonchev–Trinajstić information content (AvgIpc) is 3.93. The molecule has 8 rings (SSSR count). The van der Waals surface area contributed by atoms with Gasteiger partial charge in [0, 0.05) is 45.7 Å². The van der Waals surface area contributed by atoms with E-state index in [-0.39, 0.29) is 24.7 Å². The summed E-state index contributed by atoms with van der Waals surface area (Å²) in [4.78, 5) is 41.0. The molecular formula is C34H34F2N12O2. The molecule has 4 atom stereocenters. The third kappa shape index (κ3) is 6.26. The minimum atomic E-state index is -1.04. The van der Waals surface area contributed by atoms with Gasteiger partial charge in [-0.05, 0) is 75.6 Å². The molecule has 6 aromatic heterocycles. The van der Waals surface area contributed by atoms with Gasteiger partial charge in [-0.2, -0.15) is 10.2 Å². The number of pyridine rings is 4. The van der Waals surface area contributed by atoms with Crippen LogP contribution in [0.3, 0.4) is 0 Å². The van der Waals surface area contributed by atoms with Crippen LogP contribution < -0.4 is 22.1 Å². The van der Waals surface area contributed by atoms with Crippen molar-refractivity contribution in [1.29, 1.82) is 0 Å². The molecule has 16 heteroatoms. The van der Waals surface area contributed by atoms with E-state index < -0.39 is 24.2 Å². The van der Waals surface area contributed by atoms with Gasteiger partial charge in [-0.15, -0.1) is 0 Å². The predicted molar refractivity (Wildman–Crippen MR) is 185 cm³/mol. The number of rotatable bonds is 6. The monoisotopic (exact) mass is 680 g/mol. The third-order valence-electron chi connectivity index (χ3n) is 8.86. The standard InChI is InChI=1S/2C17H17FN6O/c2*1-7-15(8(2)24-23-7)13-3-9-4-14(20-6-11(9)16(19)21-13)22-17(25)10-5-12(10)18/h2*3-4,6,10,12H,5H2,1-2H3,(H2,19,21)(H,23,24)(H,20,22,25)/t10-,12+;/m1./s1. The summed E-state index contributed by atoms with van der Waals surface area (Å²) in [7, 11) is 0. The third-order valence-corrected chi connectivity index (χ3v) is 8.86. The SMILES string of the molecule is Cc1n[nH]c(C)c1-c1cc2cc(NC(=O)C3CC3F)ncc2c(N)n1.Cc1n[nH]c(C)c1-c1cc2cc(NC(=O)[C@@H]3C[C@@H]3F)ncc2c(N)n1. The Morgan fingerprint density at radius 2 is 1.08 bits per heavy atom. The van der Waals surface area contributed by atoms with Gasteiger partial charge in [0.1, 0.15) is 35.6 Å². The second kappa shape index (κ2) is 12.4. The molecule has 0 radical (unpaired) electrons. The number of fused-ring (bicyclic) bond motifs is 2. The first-order valence-electron chi connectivity index (χ1n) is 15.9. The smallest absolute Gasteiger partial charge is 0.231 e. The molecule has 2 unspecified atom stereocenters. The average molecular weight is 681 g/mol. The fourth-order valence-electron chi connectivity index (χ4n) is 5.91. The summed E-state index contributed by atoms with van der Waals surface area (Å²) < 4.78 is 26.0. The number of aryl methyl sites for hydroxylation is 4. The number of hydrogen-bond donors (Lipinski definition) is 6. The van der Waals surface area contributed by atoms with E-state index in [4.69, 9.17) is 11.5 Å². The van der Waals surface area contributed by atoms with E-state index in [0.29, 0.717) is 45.4 Å². The van der Waals surface area contributed by atoms with E-state index in [1.165, 1.54) is 0 Å². The number of carbonyl (C=O) groups is 2. The van der Waals surface area contributed by atoms with Crippen molar-refractivity contribution in [3.05, 3.63) is 59.4 Å². The minimum absolute atomic E-state index is 0.277. The molecule has 14 nitrogen and oxygen atoms in total. The number of nitrogens with one attached hydrogen (secondary N) is 4. The summed E-state index contributed by atoms with van der Waals surface area (Å²) in [6, 6.07) is 7.19. The van der Waals surface area contributed by atoms with Crippen LogP contribution in [0.1, 0.15) is 35.6 Å². The molecule has 6 aromatic rings. The van der Waals surface area contributed by atoms with Crippen molar-refractivity contribution in [2.75, 3.05) is 22.1 Å². The number of nitrogen functional groups attached to an aromatic ring is 2. The number of aromatic amines is 2. The molecular weight excluding hydrogens is 646 g/mol. The Labute approximate surface area is 283 Å². The number of nitrogens with two attached hydrogens (primary N) is 2. The van der Waals surface area contributed by atoms with Gasteiger partial charge in [0.15, 0.2) is 0 Å². The first kappa shape index (κ1) is 32.5. The van der Waals surface area contributed by atoms with E-state index >= 15 is 0 Å². The highest BCUT2D eigenvalue weighted by molar-refractivity contribution is 6.00. The fraction of sp³-hybridized carbons (Fsp3) is 0.294. The van der Waals surface area contributed by atoms with Crippen LogP contribution >= 0.6 is 0 Å². The molecule has 2 fully saturated rings. The largest absolute Gasteiger partial charge is 0.383 e. The minimum Gasteiger partial charge on any atom is -0.383 e. The van der Waals surface area contributed by atoms with Crippen molar-refractivity contribution in [2.24, 2.45) is 11.8 Å². The first-order chi connectivity index (χ1) is 23.9. The van der Waals surface area contributed by atoms with Crippen LogP contribution in [-0.4, -0.2) is 64.5 Å². The Balaban J connectivity index is 0.000000157. The lowest BCUT2D eigenvalue weighted by Crippen LogP contribution is -2.15. The highest BCUT2D eigenvalue weighted by Gasteiger charge is 2.44. The van der Waals surface area contributed by atoms with E-state index in [2.05, 4.69) is 51.0 Å². The van der Waals surface area contributed by atoms with Gasteiger partial charge in [-0.1, -0.05) is 0 Å². The highest BCUT2D eigenvalue weighted by Crippen LogP contribution is 2.36. The molecule has 2 aliphatic rings. The van der Waals surface area contributed by atoms with E-state index in [9.17, 15) is 18.4 Å². The molecule has 0 aromatic carbocycles. The molecule has 2 amide bonds. The summed E-state index contributed by atoms with van der Waals surface area (Å²) in [6.07, 6.45) is 1.59. The maximum atomic E-state index is 13.0. The van der Waals surface area contributed by atoms with Crippen molar-refractivity contribution in [1.82, 2.24) is 40.3 Å². The quantitative estimate of drug-likeness (QED) is 0.138. The second-order valence-corrected chi connectivity index (χ2v) is 12.7. The van der Waals surface area contributed by atoms with Crippen LogP contribution in [-0.2, 0) is 9.59 Å². The Hall–Kier alpha value is -6.06. The Morgan fingerprint density at radius 1 is 0.700 bits per heavy atom. The molecule has 0 spiro atoms. The highest BCUT2D eigenvalue weighted by atomic mass is 19.1. The summed E-state index contributed by atoms with van der Waals surface area (Å²) in [5.74, 6) is -0.375. The van der Waals surface area contributed by atoms with Crippen molar-refractivity contribution >= 4 is 56.6 Å². The van der Waals surface area contributed by atoms with Gasteiger partial charge in [0.25, 0.3) is 0 Å². The zero-order valence-corrected chi connectivity index (χ0v) is 27.6. The lowest BCUT2D eigenvalue weighted by atomic mass is 10.1. The van der Waals surface area contributed by atoms with Crippen molar-refractivity contribution < 1.29 is 18.4 Å². The summed E-state index contributed by atoms with van der Waals surface area (Å²) >= 11 is 0. The zero-order chi connectivity index (χ0) is 35.4. The molecule has 0 aliphatic heterocycles. The van der Waals surface area contributed by atoms with Gasteiger partial charge < -0.3 is 22.1 Å². The summed E-state index contributed by atoms with van der Waals surface area (Å²) in [5, 5.41) is 22.5. The summed E-state index contributed by atoms with van der Waals surface area (Å²) in [5.41, 5.74) is 18.8. The maximum Gasteiger partial charge on any atom is 0.231 e. The molecule has 50 heavy (non-hydrogen) atoms. The zero-order valence-electron chi connectivity index (χ0n) is 27.6. The molecule has 2 saturated carbocycles. The van der Waals surface area contributed by atoms with Crippen LogP contribution in [0.15, 0.2) is 36.7 Å². The fourth-order valence-corrected chi connectivity index (χ4v) is 5.91. The van der Waals surface area contributed by atoms with Gasteiger partial charge in [0.05, 0.1) is 34.6 Å². The number of aromatic nitrogens is 8. The number of halogens is 2. The second-order valence-electron chi connectivity index (χ2n) is 12.7. The van der Waals surface area contributed by atoms with Crippen LogP contribution in [0.4, 0.5) is 32.1 Å². The molecule has 256 valence electrons. The number of nitrogens with zero attached hydrogens (tertiary/aromatic N) is 6. The number of amides is 2. The van der Waals surface area contributed by atoms with E-state index in [0.717, 1.165) is 44.7 Å². The van der Waals surface area contributed by atoms with Gasteiger partial charge >= 0.3 is 0 Å². The Kier molecular flexibility index (Phi) is 8.08. The van der Waals surface area contributed by atoms with Crippen molar-refractivity contribution in [2.45, 2.75) is 52.9 Å². The van der Waals surface area contributed by atoms with E-state index in [1.54, 1.807) is 24.5 Å². The van der Waals surface area contributed by atoms with Gasteiger partial charge in [0.2, 0.25) is 11.8 Å². The van der Waals surface area contributed by atoms with Crippen LogP contribution in [0.25, 0.3) is 44.1 Å². The number of anilines is 4. The normalized spacial score (nSPS) is 19.2. The van der Waals surface area contributed by atoms with Crippen LogP contribution in [0.5, 0.6) is 0 Å². The van der Waals surface area contributed by atoms with Crippen LogP contribution in [0.2, 0.25) is 0 Å². The number of hydrogen-bond acceptors (Lipinski definition) is 10. The van der Waals surface area contributed by atoms with Crippen molar-refractivity contribution in [3.63, 3.8) is 0 Å². The molecule has 0 bridgehead atoms. The lowest BCUT2D eigenvalue weighted by molar-refractivity contribution is -0.118. The van der Waals surface area contributed by atoms with E-state index in [1.807, 2.05) is 39.8 Å². The summed E-state index contributed by atoms with van der Waals surface area (Å²) in [6.45, 7) is 7.61. The maximum absolute atomic E-state index is 13.0. The lowest BCUT2D eigenvalue weighted by Gasteiger charge is -2.09. The first-order valence-corrected chi connectivity index (χ1v) is 15.9. The van der Waals surface area contributed by atoms with Crippen LogP contribution in [0, 0.1) is 39.5 Å². The topological polar surface area (TPSA) is 219 Å². The predicted octanol–water partition coefficient (Wildman–Crippen LogP) is 5.03. The Morgan fingerprint density at radius 3 is 1.40 bits per heavy atom. The number of carbonyl (C=O) groups excluding carboxylic acids is 2. The number of H-pyrrole nitrogens is 2. The Bertz CT molecular complexity index is 2120. The molecule has 0 saturated heterocycles. The van der Waals surface area contributed by atoms with Crippen molar-refractivity contribution in [3.8, 4) is 22.5 Å². The molecule has 2 aliphatic carbocycles. The van der Waals surface area contributed by atoms with Gasteiger partial charge in [-0.3, -0.25) is 19.8 Å². The van der Waals surface area contributed by atoms with Gasteiger partial charge in [-0.25, -0.2) is 28.7 Å². The molecule has 8 N–H and O–H groups in total. The number of alkyl halides is 2. The molecule has 6 heterocycles.